The Kier molecular flexibility index (Phi) is 3.57. The van der Waals surface area contributed by atoms with Crippen molar-refractivity contribution in [2.75, 3.05) is 12.9 Å². The van der Waals surface area contributed by atoms with Crippen LogP contribution >= 0.6 is 0 Å². The fourth-order valence-electron chi connectivity index (χ4n) is 2.71. The molecule has 0 unspecified atom stereocenters. The predicted octanol–water partition coefficient (Wildman–Crippen LogP) is 1.27. The molecule has 3 atom stereocenters. The number of esters is 1. The van der Waals surface area contributed by atoms with E-state index in [9.17, 15) is 18.5 Å². The van der Waals surface area contributed by atoms with Crippen LogP contribution in [0.4, 0.5) is 0 Å². The maximum absolute atomic E-state index is 12.1. The molecule has 0 radical (unpaired) electrons. The molecular formula is C14H15NO4S. The van der Waals surface area contributed by atoms with E-state index in [1.807, 2.05) is 6.07 Å². The number of rotatable bonds is 4. The highest BCUT2D eigenvalue weighted by Crippen LogP contribution is 2.63. The van der Waals surface area contributed by atoms with Crippen molar-refractivity contribution < 1.29 is 17.9 Å². The molecule has 0 bridgehead atoms. The standard InChI is InChI=1S/C14H15NO4S/c1-3-19-13(16)14(9-15)11(12(14)20(2,17)18)10-7-5-4-6-8-10/h4-8,11-12H,3H2,1-2H3/t11-,12+,14-/m1/s1. The Morgan fingerprint density at radius 1 is 1.40 bits per heavy atom. The summed E-state index contributed by atoms with van der Waals surface area (Å²) in [4.78, 5) is 12.1. The molecule has 0 N–H and O–H groups in total. The first-order valence-corrected chi connectivity index (χ1v) is 8.17. The number of benzene rings is 1. The molecule has 5 nitrogen and oxygen atoms in total. The van der Waals surface area contributed by atoms with Gasteiger partial charge in [-0.3, -0.25) is 4.79 Å². The fourth-order valence-corrected chi connectivity index (χ4v) is 4.47. The zero-order chi connectivity index (χ0) is 15.0. The topological polar surface area (TPSA) is 84.2 Å². The Bertz CT molecular complexity index is 662. The molecule has 0 amide bonds. The molecule has 0 saturated heterocycles. The molecule has 2 rings (SSSR count). The third-order valence-electron chi connectivity index (χ3n) is 3.55. The van der Waals surface area contributed by atoms with E-state index in [-0.39, 0.29) is 6.61 Å². The molecule has 1 aromatic carbocycles. The Hall–Kier alpha value is -1.87. The molecule has 1 aliphatic rings. The van der Waals surface area contributed by atoms with Gasteiger partial charge in [-0.1, -0.05) is 30.3 Å². The molecule has 1 aromatic rings. The van der Waals surface area contributed by atoms with Gasteiger partial charge in [0.2, 0.25) is 0 Å². The molecule has 1 aliphatic carbocycles. The lowest BCUT2D eigenvalue weighted by atomic mass is 10.0. The van der Waals surface area contributed by atoms with Crippen LogP contribution in [-0.4, -0.2) is 32.5 Å². The summed E-state index contributed by atoms with van der Waals surface area (Å²) >= 11 is 0. The predicted molar refractivity (Wildman–Crippen MR) is 72.5 cm³/mol. The van der Waals surface area contributed by atoms with Gasteiger partial charge in [-0.15, -0.1) is 0 Å². The molecule has 1 fully saturated rings. The number of carbonyl (C=O) groups is 1. The lowest BCUT2D eigenvalue weighted by molar-refractivity contribution is -0.147. The van der Waals surface area contributed by atoms with Crippen molar-refractivity contribution in [3.8, 4) is 6.07 Å². The van der Waals surface area contributed by atoms with Crippen LogP contribution < -0.4 is 0 Å². The van der Waals surface area contributed by atoms with Gasteiger partial charge >= 0.3 is 5.97 Å². The van der Waals surface area contributed by atoms with Crippen LogP contribution in [-0.2, 0) is 19.4 Å². The van der Waals surface area contributed by atoms with Gasteiger partial charge in [0.1, 0.15) is 5.25 Å². The summed E-state index contributed by atoms with van der Waals surface area (Å²) < 4.78 is 28.7. The number of nitrogens with zero attached hydrogens (tertiary/aromatic N) is 1. The van der Waals surface area contributed by atoms with Crippen LogP contribution in [0.1, 0.15) is 18.4 Å². The molecule has 106 valence electrons. The van der Waals surface area contributed by atoms with Gasteiger partial charge in [-0.25, -0.2) is 8.42 Å². The van der Waals surface area contributed by atoms with Gasteiger partial charge in [0.15, 0.2) is 15.3 Å². The van der Waals surface area contributed by atoms with E-state index >= 15 is 0 Å². The summed E-state index contributed by atoms with van der Waals surface area (Å²) in [5.41, 5.74) is -0.956. The summed E-state index contributed by atoms with van der Waals surface area (Å²) in [6.45, 7) is 1.73. The van der Waals surface area contributed by atoms with Crippen molar-refractivity contribution in [1.29, 1.82) is 5.26 Å². The third-order valence-corrected chi connectivity index (χ3v) is 5.12. The first-order valence-electron chi connectivity index (χ1n) is 6.21. The van der Waals surface area contributed by atoms with Gasteiger partial charge in [0.25, 0.3) is 0 Å². The largest absolute Gasteiger partial charge is 0.465 e. The minimum absolute atomic E-state index is 0.111. The first-order chi connectivity index (χ1) is 9.39. The summed E-state index contributed by atoms with van der Waals surface area (Å²) in [6, 6.07) is 10.6. The number of nitriles is 1. The highest BCUT2D eigenvalue weighted by molar-refractivity contribution is 7.91. The molecule has 0 heterocycles. The van der Waals surface area contributed by atoms with Gasteiger partial charge in [0, 0.05) is 12.2 Å². The summed E-state index contributed by atoms with van der Waals surface area (Å²) in [5, 5.41) is 8.36. The zero-order valence-electron chi connectivity index (χ0n) is 11.2. The van der Waals surface area contributed by atoms with Crippen LogP contribution in [0.3, 0.4) is 0 Å². The van der Waals surface area contributed by atoms with Gasteiger partial charge in [0.05, 0.1) is 12.7 Å². The van der Waals surface area contributed by atoms with Crippen LogP contribution in [0.25, 0.3) is 0 Å². The van der Waals surface area contributed by atoms with E-state index in [0.717, 1.165) is 6.26 Å². The van der Waals surface area contributed by atoms with Crippen LogP contribution in [0.5, 0.6) is 0 Å². The second kappa shape index (κ2) is 4.91. The summed E-state index contributed by atoms with van der Waals surface area (Å²) in [5.74, 6) is -1.42. The monoisotopic (exact) mass is 293 g/mol. The Labute approximate surface area is 118 Å². The SMILES string of the molecule is CCOC(=O)[C@]1(C#N)[C@H](c2ccccc2)[C@@H]1S(C)(=O)=O. The third kappa shape index (κ3) is 2.08. The van der Waals surface area contributed by atoms with Crippen molar-refractivity contribution in [1.82, 2.24) is 0 Å². The number of hydrogen-bond donors (Lipinski definition) is 0. The average Bonchev–Trinajstić information content (AvgIpc) is 3.11. The Morgan fingerprint density at radius 3 is 2.45 bits per heavy atom. The second-order valence-electron chi connectivity index (χ2n) is 4.84. The molecule has 0 aromatic heterocycles. The summed E-state index contributed by atoms with van der Waals surface area (Å²) in [6.07, 6.45) is 1.05. The molecule has 20 heavy (non-hydrogen) atoms. The lowest BCUT2D eigenvalue weighted by Gasteiger charge is -2.07. The maximum Gasteiger partial charge on any atom is 0.328 e. The molecule has 1 saturated carbocycles. The summed E-state index contributed by atoms with van der Waals surface area (Å²) in [7, 11) is -3.53. The maximum atomic E-state index is 12.1. The van der Waals surface area contributed by atoms with Crippen LogP contribution in [0.2, 0.25) is 0 Å². The number of ether oxygens (including phenoxy) is 1. The number of hydrogen-bond acceptors (Lipinski definition) is 5. The minimum Gasteiger partial charge on any atom is -0.465 e. The highest BCUT2D eigenvalue weighted by atomic mass is 32.2. The molecule has 0 aliphatic heterocycles. The lowest BCUT2D eigenvalue weighted by Crippen LogP contribution is -2.24. The van der Waals surface area contributed by atoms with Crippen molar-refractivity contribution in [3.05, 3.63) is 35.9 Å². The Morgan fingerprint density at radius 2 is 2.00 bits per heavy atom. The molecule has 0 spiro atoms. The van der Waals surface area contributed by atoms with Crippen molar-refractivity contribution in [2.45, 2.75) is 18.1 Å². The zero-order valence-corrected chi connectivity index (χ0v) is 12.1. The van der Waals surface area contributed by atoms with Crippen molar-refractivity contribution in [2.24, 2.45) is 5.41 Å². The normalized spacial score (nSPS) is 28.4. The van der Waals surface area contributed by atoms with E-state index < -0.39 is 32.4 Å². The highest BCUT2D eigenvalue weighted by Gasteiger charge is 2.76. The molecular weight excluding hydrogens is 278 g/mol. The quantitative estimate of drug-likeness (QED) is 0.780. The fraction of sp³-hybridized carbons (Fsp3) is 0.429. The van der Waals surface area contributed by atoms with E-state index in [2.05, 4.69) is 0 Å². The molecule has 6 heteroatoms. The van der Waals surface area contributed by atoms with E-state index in [1.165, 1.54) is 0 Å². The van der Waals surface area contributed by atoms with Crippen LogP contribution in [0.15, 0.2) is 30.3 Å². The number of sulfone groups is 1. The van der Waals surface area contributed by atoms with Gasteiger partial charge < -0.3 is 4.74 Å². The second-order valence-corrected chi connectivity index (χ2v) is 7.01. The van der Waals surface area contributed by atoms with E-state index in [1.54, 1.807) is 37.3 Å². The first kappa shape index (κ1) is 14.5. The van der Waals surface area contributed by atoms with Crippen molar-refractivity contribution in [3.63, 3.8) is 0 Å². The van der Waals surface area contributed by atoms with E-state index in [0.29, 0.717) is 5.56 Å². The van der Waals surface area contributed by atoms with Gasteiger partial charge in [-0.2, -0.15) is 5.26 Å². The van der Waals surface area contributed by atoms with Crippen LogP contribution in [0, 0.1) is 16.7 Å². The smallest absolute Gasteiger partial charge is 0.328 e. The Balaban J connectivity index is 2.50. The average molecular weight is 293 g/mol. The van der Waals surface area contributed by atoms with Crippen molar-refractivity contribution >= 4 is 15.8 Å². The van der Waals surface area contributed by atoms with Gasteiger partial charge in [-0.05, 0) is 12.5 Å². The number of carbonyl (C=O) groups excluding carboxylic acids is 1. The van der Waals surface area contributed by atoms with E-state index in [4.69, 9.17) is 4.74 Å². The minimum atomic E-state index is -3.53.